The lowest BCUT2D eigenvalue weighted by atomic mass is 10.2. The molecule has 0 spiro atoms. The van der Waals surface area contributed by atoms with E-state index < -0.39 is 39.6 Å². The molecule has 2 aromatic rings. The van der Waals surface area contributed by atoms with Crippen molar-refractivity contribution in [2.75, 3.05) is 10.7 Å². The van der Waals surface area contributed by atoms with Crippen LogP contribution in [0, 0.1) is 27.6 Å². The average Bonchev–Trinajstić information content (AvgIpc) is 2.43. The van der Waals surface area contributed by atoms with Crippen LogP contribution in [0.1, 0.15) is 0 Å². The summed E-state index contributed by atoms with van der Waals surface area (Å²) in [5.41, 5.74) is 0.606. The predicted molar refractivity (Wildman–Crippen MR) is 66.1 cm³/mol. The van der Waals surface area contributed by atoms with Crippen molar-refractivity contribution in [3.05, 3.63) is 46.0 Å². The Labute approximate surface area is 114 Å². The standard InChI is InChI=1S/C10H7F3N6O2/c11-4-1-5(12)7(13)6(2-4)17-9-8(19(20)21)10(18-14)16-3-15-9/h1-3H,14H2,(H2,15,16,17,18). The summed E-state index contributed by atoms with van der Waals surface area (Å²) >= 11 is 0. The fraction of sp³-hybridized carbons (Fsp3) is 0. The first-order chi connectivity index (χ1) is 9.93. The summed E-state index contributed by atoms with van der Waals surface area (Å²) in [6, 6.07) is 0.960. The minimum Gasteiger partial charge on any atom is -0.332 e. The number of anilines is 3. The van der Waals surface area contributed by atoms with Gasteiger partial charge >= 0.3 is 5.69 Å². The molecule has 0 amide bonds. The highest BCUT2D eigenvalue weighted by Gasteiger charge is 2.24. The van der Waals surface area contributed by atoms with Crippen molar-refractivity contribution in [3.8, 4) is 0 Å². The van der Waals surface area contributed by atoms with E-state index >= 15 is 0 Å². The maximum Gasteiger partial charge on any atom is 0.354 e. The van der Waals surface area contributed by atoms with Gasteiger partial charge in [0.15, 0.2) is 11.6 Å². The van der Waals surface area contributed by atoms with Gasteiger partial charge in [0.05, 0.1) is 10.6 Å². The molecule has 11 heteroatoms. The third-order valence-electron chi connectivity index (χ3n) is 2.39. The van der Waals surface area contributed by atoms with E-state index in [1.807, 2.05) is 5.43 Å². The van der Waals surface area contributed by atoms with E-state index in [0.717, 1.165) is 6.33 Å². The number of hydrazine groups is 1. The Morgan fingerprint density at radius 3 is 2.48 bits per heavy atom. The molecule has 0 unspecified atom stereocenters. The zero-order chi connectivity index (χ0) is 15.6. The van der Waals surface area contributed by atoms with Crippen LogP contribution in [0.3, 0.4) is 0 Å². The number of nitrogens with one attached hydrogen (secondary N) is 2. The predicted octanol–water partition coefficient (Wildman–Crippen LogP) is 1.83. The smallest absolute Gasteiger partial charge is 0.332 e. The lowest BCUT2D eigenvalue weighted by Gasteiger charge is -2.09. The average molecular weight is 300 g/mol. The van der Waals surface area contributed by atoms with Crippen molar-refractivity contribution in [2.45, 2.75) is 0 Å². The van der Waals surface area contributed by atoms with E-state index in [4.69, 9.17) is 5.84 Å². The van der Waals surface area contributed by atoms with Crippen LogP contribution in [0.2, 0.25) is 0 Å². The van der Waals surface area contributed by atoms with E-state index in [2.05, 4.69) is 15.3 Å². The molecule has 0 fully saturated rings. The van der Waals surface area contributed by atoms with E-state index in [9.17, 15) is 23.3 Å². The van der Waals surface area contributed by atoms with Crippen LogP contribution < -0.4 is 16.6 Å². The maximum absolute atomic E-state index is 13.5. The van der Waals surface area contributed by atoms with Gasteiger partial charge in [0.1, 0.15) is 12.1 Å². The van der Waals surface area contributed by atoms with Crippen LogP contribution in [-0.2, 0) is 0 Å². The molecule has 110 valence electrons. The molecular formula is C10H7F3N6O2. The summed E-state index contributed by atoms with van der Waals surface area (Å²) < 4.78 is 39.7. The van der Waals surface area contributed by atoms with Crippen LogP contribution in [-0.4, -0.2) is 14.9 Å². The highest BCUT2D eigenvalue weighted by Crippen LogP contribution is 2.31. The Morgan fingerprint density at radius 2 is 1.86 bits per heavy atom. The molecule has 0 aliphatic carbocycles. The molecule has 8 nitrogen and oxygen atoms in total. The van der Waals surface area contributed by atoms with E-state index in [1.54, 1.807) is 0 Å². The van der Waals surface area contributed by atoms with Crippen molar-refractivity contribution in [1.82, 2.24) is 9.97 Å². The van der Waals surface area contributed by atoms with Gasteiger partial charge in [-0.05, 0) is 0 Å². The van der Waals surface area contributed by atoms with Gasteiger partial charge in [0, 0.05) is 12.1 Å². The lowest BCUT2D eigenvalue weighted by Crippen LogP contribution is -2.13. The van der Waals surface area contributed by atoms with Crippen LogP contribution >= 0.6 is 0 Å². The van der Waals surface area contributed by atoms with Crippen LogP contribution in [0.25, 0.3) is 0 Å². The SMILES string of the molecule is NNc1ncnc(Nc2cc(F)cc(F)c2F)c1[N+](=O)[O-]. The second-order valence-corrected chi connectivity index (χ2v) is 3.70. The first-order valence-corrected chi connectivity index (χ1v) is 5.31. The molecule has 1 heterocycles. The Balaban J connectivity index is 2.52. The normalized spacial score (nSPS) is 10.3. The molecule has 0 saturated carbocycles. The van der Waals surface area contributed by atoms with Gasteiger partial charge in [-0.3, -0.25) is 10.1 Å². The van der Waals surface area contributed by atoms with Gasteiger partial charge in [-0.15, -0.1) is 0 Å². The molecule has 4 N–H and O–H groups in total. The van der Waals surface area contributed by atoms with Gasteiger partial charge < -0.3 is 10.7 Å². The zero-order valence-electron chi connectivity index (χ0n) is 10.1. The third-order valence-corrected chi connectivity index (χ3v) is 2.39. The zero-order valence-corrected chi connectivity index (χ0v) is 10.1. The van der Waals surface area contributed by atoms with Crippen molar-refractivity contribution in [1.29, 1.82) is 0 Å². The van der Waals surface area contributed by atoms with Crippen molar-refractivity contribution >= 4 is 23.0 Å². The summed E-state index contributed by atoms with van der Waals surface area (Å²) in [5.74, 6) is 0.303. The van der Waals surface area contributed by atoms with Crippen molar-refractivity contribution in [3.63, 3.8) is 0 Å². The van der Waals surface area contributed by atoms with Gasteiger partial charge in [-0.1, -0.05) is 0 Å². The topological polar surface area (TPSA) is 119 Å². The number of hydrogen-bond donors (Lipinski definition) is 3. The molecule has 0 aliphatic heterocycles. The van der Waals surface area contributed by atoms with E-state index in [-0.39, 0.29) is 5.82 Å². The number of halogens is 3. The molecule has 0 radical (unpaired) electrons. The summed E-state index contributed by atoms with van der Waals surface area (Å²) in [4.78, 5) is 17.1. The van der Waals surface area contributed by atoms with Crippen LogP contribution in [0.5, 0.6) is 0 Å². The fourth-order valence-corrected chi connectivity index (χ4v) is 1.52. The third kappa shape index (κ3) is 2.81. The summed E-state index contributed by atoms with van der Waals surface area (Å²) in [6.45, 7) is 0. The van der Waals surface area contributed by atoms with Gasteiger partial charge in [-0.25, -0.2) is 29.0 Å². The minimum absolute atomic E-state index is 0.335. The Hall–Kier alpha value is -2.95. The molecular weight excluding hydrogens is 293 g/mol. The quantitative estimate of drug-likeness (QED) is 0.341. The molecule has 0 atom stereocenters. The Kier molecular flexibility index (Phi) is 3.84. The number of nitrogens with zero attached hydrogens (tertiary/aromatic N) is 3. The molecule has 1 aromatic heterocycles. The van der Waals surface area contributed by atoms with Gasteiger partial charge in [-0.2, -0.15) is 0 Å². The first kappa shape index (κ1) is 14.5. The number of benzene rings is 1. The molecule has 0 saturated heterocycles. The van der Waals surface area contributed by atoms with Gasteiger partial charge in [0.25, 0.3) is 0 Å². The summed E-state index contributed by atoms with van der Waals surface area (Å²) in [6.07, 6.45) is 0.901. The fourth-order valence-electron chi connectivity index (χ4n) is 1.52. The number of nitrogens with two attached hydrogens (primary N) is 1. The summed E-state index contributed by atoms with van der Waals surface area (Å²) in [7, 11) is 0. The molecule has 2 rings (SSSR count). The molecule has 0 bridgehead atoms. The minimum atomic E-state index is -1.45. The largest absolute Gasteiger partial charge is 0.354 e. The second-order valence-electron chi connectivity index (χ2n) is 3.70. The number of nitrogen functional groups attached to an aromatic ring is 1. The van der Waals surface area contributed by atoms with Crippen LogP contribution in [0.4, 0.5) is 36.2 Å². The Morgan fingerprint density at radius 1 is 1.19 bits per heavy atom. The number of rotatable bonds is 4. The van der Waals surface area contributed by atoms with Crippen molar-refractivity contribution in [2.24, 2.45) is 5.84 Å². The highest BCUT2D eigenvalue weighted by molar-refractivity contribution is 5.73. The van der Waals surface area contributed by atoms with Crippen LogP contribution in [0.15, 0.2) is 18.5 Å². The molecule has 0 aliphatic rings. The summed E-state index contributed by atoms with van der Waals surface area (Å²) in [5, 5.41) is 13.1. The lowest BCUT2D eigenvalue weighted by molar-refractivity contribution is -0.383. The molecule has 21 heavy (non-hydrogen) atoms. The van der Waals surface area contributed by atoms with E-state index in [0.29, 0.717) is 12.1 Å². The van der Waals surface area contributed by atoms with E-state index in [1.165, 1.54) is 0 Å². The number of nitro groups is 1. The number of hydrogen-bond acceptors (Lipinski definition) is 7. The highest BCUT2D eigenvalue weighted by atomic mass is 19.2. The maximum atomic E-state index is 13.5. The number of aromatic nitrogens is 2. The first-order valence-electron chi connectivity index (χ1n) is 5.31. The molecule has 1 aromatic carbocycles. The van der Waals surface area contributed by atoms with Gasteiger partial charge in [0.2, 0.25) is 11.6 Å². The monoisotopic (exact) mass is 300 g/mol. The van der Waals surface area contributed by atoms with Crippen molar-refractivity contribution < 1.29 is 18.1 Å². The Bertz CT molecular complexity index is 711. The second kappa shape index (κ2) is 5.58.